The van der Waals surface area contributed by atoms with Crippen LogP contribution in [-0.2, 0) is 6.42 Å². The highest BCUT2D eigenvalue weighted by molar-refractivity contribution is 5.93. The van der Waals surface area contributed by atoms with Crippen LogP contribution in [0.1, 0.15) is 27.0 Å². The summed E-state index contributed by atoms with van der Waals surface area (Å²) in [6.45, 7) is 3.36. The number of hydrogen-bond acceptors (Lipinski definition) is 3. The van der Waals surface area contributed by atoms with E-state index in [0.29, 0.717) is 12.0 Å². The van der Waals surface area contributed by atoms with Gasteiger partial charge in [-0.25, -0.2) is 4.79 Å². The largest absolute Gasteiger partial charge is 0.465 e. The topological polar surface area (TPSA) is 113 Å². The molecule has 1 aromatic rings. The number of nitrogens with one attached hydrogen (secondary N) is 1. The number of hydrogen-bond donors (Lipinski definition) is 4. The second-order valence-electron chi connectivity index (χ2n) is 4.49. The van der Waals surface area contributed by atoms with E-state index in [9.17, 15) is 9.59 Å². The summed E-state index contributed by atoms with van der Waals surface area (Å²) in [5, 5.41) is 20.1. The van der Waals surface area contributed by atoms with E-state index in [2.05, 4.69) is 5.32 Å². The molecule has 1 unspecified atom stereocenters. The summed E-state index contributed by atoms with van der Waals surface area (Å²) in [4.78, 5) is 21.7. The Morgan fingerprint density at radius 1 is 1.32 bits per heavy atom. The first kappa shape index (κ1) is 15.0. The normalized spacial score (nSPS) is 11.9. The Labute approximate surface area is 111 Å². The second kappa shape index (κ2) is 6.19. The van der Waals surface area contributed by atoms with E-state index < -0.39 is 18.0 Å². The molecule has 104 valence electrons. The number of carboxylic acid groups (broad SMARTS) is 1. The lowest BCUT2D eigenvalue weighted by atomic mass is 9.94. The van der Waals surface area contributed by atoms with Gasteiger partial charge in [0.2, 0.25) is 5.91 Å². The molecule has 0 saturated heterocycles. The van der Waals surface area contributed by atoms with Gasteiger partial charge in [0.1, 0.15) is 0 Å². The summed E-state index contributed by atoms with van der Waals surface area (Å²) in [6.07, 6.45) is -0.817. The van der Waals surface area contributed by atoms with E-state index in [1.54, 1.807) is 12.1 Å². The molecule has 19 heavy (non-hydrogen) atoms. The zero-order valence-corrected chi connectivity index (χ0v) is 10.9. The number of primary amides is 1. The first-order valence-electron chi connectivity index (χ1n) is 5.85. The van der Waals surface area contributed by atoms with Gasteiger partial charge < -0.3 is 21.3 Å². The molecule has 0 fully saturated rings. The SMILES string of the molecule is Cc1cc(C(N)=O)cc(C)c1CC(CO)NC(=O)O. The Hall–Kier alpha value is -2.08. The van der Waals surface area contributed by atoms with Gasteiger partial charge in [0, 0.05) is 5.56 Å². The van der Waals surface area contributed by atoms with Crippen LogP contribution in [-0.4, -0.2) is 34.9 Å². The maximum absolute atomic E-state index is 11.1. The highest BCUT2D eigenvalue weighted by Crippen LogP contribution is 2.18. The number of aliphatic hydroxyl groups excluding tert-OH is 1. The monoisotopic (exact) mass is 266 g/mol. The molecular formula is C13H18N2O4. The zero-order valence-electron chi connectivity index (χ0n) is 10.9. The third-order valence-electron chi connectivity index (χ3n) is 2.98. The minimum absolute atomic E-state index is 0.289. The molecule has 1 rings (SSSR count). The Morgan fingerprint density at radius 2 is 1.84 bits per heavy atom. The Kier molecular flexibility index (Phi) is 4.88. The third kappa shape index (κ3) is 3.96. The Morgan fingerprint density at radius 3 is 2.21 bits per heavy atom. The minimum Gasteiger partial charge on any atom is -0.465 e. The number of rotatable bonds is 5. The molecule has 0 spiro atoms. The number of aryl methyl sites for hydroxylation is 2. The van der Waals surface area contributed by atoms with Gasteiger partial charge in [-0.05, 0) is 49.1 Å². The van der Waals surface area contributed by atoms with Gasteiger partial charge in [0.15, 0.2) is 0 Å². The molecule has 0 aliphatic carbocycles. The predicted molar refractivity (Wildman–Crippen MR) is 70.2 cm³/mol. The molecule has 0 saturated carbocycles. The molecule has 0 heterocycles. The number of carbonyl (C=O) groups excluding carboxylic acids is 1. The molecule has 0 aromatic heterocycles. The number of aliphatic hydroxyl groups is 1. The smallest absolute Gasteiger partial charge is 0.404 e. The highest BCUT2D eigenvalue weighted by Gasteiger charge is 2.15. The molecule has 0 aliphatic heterocycles. The molecule has 0 radical (unpaired) electrons. The summed E-state index contributed by atoms with van der Waals surface area (Å²) in [5.41, 5.74) is 8.24. The number of nitrogens with two attached hydrogens (primary N) is 1. The fraction of sp³-hybridized carbons (Fsp3) is 0.385. The van der Waals surface area contributed by atoms with Crippen molar-refractivity contribution in [2.75, 3.05) is 6.61 Å². The van der Waals surface area contributed by atoms with E-state index >= 15 is 0 Å². The Balaban J connectivity index is 3.01. The van der Waals surface area contributed by atoms with Crippen molar-refractivity contribution in [1.82, 2.24) is 5.32 Å². The number of carbonyl (C=O) groups is 2. The van der Waals surface area contributed by atoms with Crippen LogP contribution in [0, 0.1) is 13.8 Å². The summed E-state index contributed by atoms with van der Waals surface area (Å²) in [5.74, 6) is -0.500. The maximum Gasteiger partial charge on any atom is 0.404 e. The Bertz CT molecular complexity index is 476. The lowest BCUT2D eigenvalue weighted by Crippen LogP contribution is -2.38. The van der Waals surface area contributed by atoms with Gasteiger partial charge >= 0.3 is 6.09 Å². The molecule has 1 atom stereocenters. The van der Waals surface area contributed by atoms with Crippen LogP contribution < -0.4 is 11.1 Å². The number of benzene rings is 1. The van der Waals surface area contributed by atoms with Crippen LogP contribution in [0.5, 0.6) is 0 Å². The lowest BCUT2D eigenvalue weighted by molar-refractivity contribution is 0.1000. The van der Waals surface area contributed by atoms with Crippen molar-refractivity contribution in [2.45, 2.75) is 26.3 Å². The van der Waals surface area contributed by atoms with Crippen LogP contribution in [0.25, 0.3) is 0 Å². The maximum atomic E-state index is 11.1. The second-order valence-corrected chi connectivity index (χ2v) is 4.49. The summed E-state index contributed by atoms with van der Waals surface area (Å²) < 4.78 is 0. The highest BCUT2D eigenvalue weighted by atomic mass is 16.4. The van der Waals surface area contributed by atoms with Crippen molar-refractivity contribution in [3.05, 3.63) is 34.4 Å². The minimum atomic E-state index is -1.18. The van der Waals surface area contributed by atoms with Crippen molar-refractivity contribution in [1.29, 1.82) is 0 Å². The quantitative estimate of drug-likeness (QED) is 0.624. The summed E-state index contributed by atoms with van der Waals surface area (Å²) in [6, 6.07) is 2.76. The van der Waals surface area contributed by atoms with Crippen molar-refractivity contribution in [3.63, 3.8) is 0 Å². The summed E-state index contributed by atoms with van der Waals surface area (Å²) >= 11 is 0. The molecule has 0 bridgehead atoms. The average Bonchev–Trinajstić information content (AvgIpc) is 2.31. The van der Waals surface area contributed by atoms with E-state index in [1.807, 2.05) is 13.8 Å². The molecule has 0 aliphatic rings. The number of amides is 2. The predicted octanol–water partition coefficient (Wildman–Crippen LogP) is 0.573. The standard InChI is InChI=1S/C13H18N2O4/c1-7-3-9(12(14)17)4-8(2)11(7)5-10(6-16)15-13(18)19/h3-4,10,15-16H,5-6H2,1-2H3,(H2,14,17)(H,18,19). The van der Waals surface area contributed by atoms with Crippen molar-refractivity contribution in [3.8, 4) is 0 Å². The molecule has 2 amide bonds. The third-order valence-corrected chi connectivity index (χ3v) is 2.98. The van der Waals surface area contributed by atoms with Crippen molar-refractivity contribution < 1.29 is 19.8 Å². The van der Waals surface area contributed by atoms with Crippen LogP contribution in [0.3, 0.4) is 0 Å². The molecule has 5 N–H and O–H groups in total. The first-order valence-corrected chi connectivity index (χ1v) is 5.85. The molecular weight excluding hydrogens is 248 g/mol. The average molecular weight is 266 g/mol. The molecule has 1 aromatic carbocycles. The fourth-order valence-corrected chi connectivity index (χ4v) is 2.04. The van der Waals surface area contributed by atoms with Crippen LogP contribution >= 0.6 is 0 Å². The molecule has 6 nitrogen and oxygen atoms in total. The first-order chi connectivity index (χ1) is 8.85. The van der Waals surface area contributed by atoms with Gasteiger partial charge in [-0.2, -0.15) is 0 Å². The van der Waals surface area contributed by atoms with Gasteiger partial charge in [0.25, 0.3) is 0 Å². The lowest BCUT2D eigenvalue weighted by Gasteiger charge is -2.18. The van der Waals surface area contributed by atoms with Crippen LogP contribution in [0.4, 0.5) is 4.79 Å². The summed E-state index contributed by atoms with van der Waals surface area (Å²) in [7, 11) is 0. The van der Waals surface area contributed by atoms with E-state index in [4.69, 9.17) is 15.9 Å². The fourth-order valence-electron chi connectivity index (χ4n) is 2.04. The van der Waals surface area contributed by atoms with Gasteiger partial charge in [-0.15, -0.1) is 0 Å². The van der Waals surface area contributed by atoms with Crippen molar-refractivity contribution >= 4 is 12.0 Å². The molecule has 6 heteroatoms. The zero-order chi connectivity index (χ0) is 14.6. The van der Waals surface area contributed by atoms with E-state index in [-0.39, 0.29) is 6.61 Å². The van der Waals surface area contributed by atoms with Crippen LogP contribution in [0.2, 0.25) is 0 Å². The van der Waals surface area contributed by atoms with Gasteiger partial charge in [-0.3, -0.25) is 4.79 Å². The van der Waals surface area contributed by atoms with Crippen LogP contribution in [0.15, 0.2) is 12.1 Å². The van der Waals surface area contributed by atoms with E-state index in [0.717, 1.165) is 16.7 Å². The van der Waals surface area contributed by atoms with E-state index in [1.165, 1.54) is 0 Å². The van der Waals surface area contributed by atoms with Crippen molar-refractivity contribution in [2.24, 2.45) is 5.73 Å². The van der Waals surface area contributed by atoms with Gasteiger partial charge in [-0.1, -0.05) is 0 Å². The van der Waals surface area contributed by atoms with Gasteiger partial charge in [0.05, 0.1) is 12.6 Å².